The van der Waals surface area contributed by atoms with E-state index in [1.165, 1.54) is 6.07 Å². The molecule has 180 valence electrons. The number of hydrogen-bond acceptors (Lipinski definition) is 6. The van der Waals surface area contributed by atoms with E-state index in [2.05, 4.69) is 30.4 Å². The molecule has 3 N–H and O–H groups in total. The van der Waals surface area contributed by atoms with Gasteiger partial charge in [-0.15, -0.1) is 4.99 Å². The van der Waals surface area contributed by atoms with Crippen molar-refractivity contribution in [3.8, 4) is 0 Å². The summed E-state index contributed by atoms with van der Waals surface area (Å²) in [6, 6.07) is 13.3. The van der Waals surface area contributed by atoms with Crippen LogP contribution in [-0.2, 0) is 14.3 Å². The van der Waals surface area contributed by atoms with Gasteiger partial charge in [-0.3, -0.25) is 14.9 Å². The molecule has 0 aliphatic rings. The van der Waals surface area contributed by atoms with Crippen molar-refractivity contribution >= 4 is 41.2 Å². The molecule has 0 aromatic heterocycles. The minimum absolute atomic E-state index is 0.221. The van der Waals surface area contributed by atoms with Gasteiger partial charge in [-0.1, -0.05) is 44.2 Å². The fourth-order valence-corrected chi connectivity index (χ4v) is 2.79. The summed E-state index contributed by atoms with van der Waals surface area (Å²) in [6.07, 6.45) is -0.893. The number of anilines is 2. The van der Waals surface area contributed by atoms with E-state index in [0.29, 0.717) is 35.6 Å². The smallest absolute Gasteiger partial charge is 0.436 e. The Labute approximate surface area is 197 Å². The molecule has 0 bridgehead atoms. The van der Waals surface area contributed by atoms with E-state index in [1.807, 2.05) is 13.8 Å². The number of nitrogens with one attached hydrogen (secondary N) is 3. The van der Waals surface area contributed by atoms with Crippen LogP contribution in [0.3, 0.4) is 0 Å². The molecule has 10 heteroatoms. The summed E-state index contributed by atoms with van der Waals surface area (Å²) in [4.78, 5) is 52.4. The lowest BCUT2D eigenvalue weighted by molar-refractivity contribution is -0.116. The van der Waals surface area contributed by atoms with Crippen molar-refractivity contribution in [2.24, 2.45) is 10.9 Å². The van der Waals surface area contributed by atoms with Gasteiger partial charge in [0.1, 0.15) is 0 Å². The highest BCUT2D eigenvalue weighted by Crippen LogP contribution is 2.25. The minimum Gasteiger partial charge on any atom is -0.453 e. The number of hydrogen-bond donors (Lipinski definition) is 3. The monoisotopic (exact) mass is 468 g/mol. The number of guanidine groups is 1. The van der Waals surface area contributed by atoms with Gasteiger partial charge in [0.25, 0.3) is 0 Å². The normalized spacial score (nSPS) is 10.9. The van der Waals surface area contributed by atoms with Gasteiger partial charge in [0.05, 0.1) is 25.6 Å². The summed E-state index contributed by atoms with van der Waals surface area (Å²) in [5, 5.41) is 7.81. The van der Waals surface area contributed by atoms with E-state index in [9.17, 15) is 19.2 Å². The molecule has 0 radical (unpaired) electrons. The molecule has 0 aliphatic heterocycles. The molecular weight excluding hydrogens is 440 g/mol. The fraction of sp³-hybridized carbons (Fsp3) is 0.292. The zero-order chi connectivity index (χ0) is 25.1. The van der Waals surface area contributed by atoms with Gasteiger partial charge in [-0.2, -0.15) is 0 Å². The maximum absolute atomic E-state index is 12.9. The van der Waals surface area contributed by atoms with Crippen LogP contribution in [0.4, 0.5) is 21.0 Å². The van der Waals surface area contributed by atoms with Crippen LogP contribution in [0, 0.1) is 5.92 Å². The first-order chi connectivity index (χ1) is 16.2. The van der Waals surface area contributed by atoms with Gasteiger partial charge in [0.2, 0.25) is 11.9 Å². The van der Waals surface area contributed by atoms with Crippen LogP contribution >= 0.6 is 0 Å². The quantitative estimate of drug-likeness (QED) is 0.315. The molecule has 3 amide bonds. The van der Waals surface area contributed by atoms with Crippen LogP contribution < -0.4 is 16.0 Å². The number of methoxy groups -OCH3 is 2. The van der Waals surface area contributed by atoms with Crippen molar-refractivity contribution in [1.29, 1.82) is 0 Å². The number of nitrogens with zero attached hydrogens (tertiary/aromatic N) is 1. The third kappa shape index (κ3) is 8.05. The zero-order valence-electron chi connectivity index (χ0n) is 19.5. The summed E-state index contributed by atoms with van der Waals surface area (Å²) >= 11 is 0. The van der Waals surface area contributed by atoms with Crippen LogP contribution in [0.25, 0.3) is 0 Å². The zero-order valence-corrected chi connectivity index (χ0v) is 19.5. The van der Waals surface area contributed by atoms with Gasteiger partial charge in [-0.25, -0.2) is 9.59 Å². The molecule has 0 atom stereocenters. The van der Waals surface area contributed by atoms with E-state index in [0.717, 1.165) is 14.2 Å². The van der Waals surface area contributed by atoms with E-state index < -0.39 is 12.2 Å². The predicted molar refractivity (Wildman–Crippen MR) is 128 cm³/mol. The Hall–Kier alpha value is -4.21. The molecule has 34 heavy (non-hydrogen) atoms. The first-order valence-electron chi connectivity index (χ1n) is 10.6. The third-order valence-electron chi connectivity index (χ3n) is 4.58. The second kappa shape index (κ2) is 12.7. The number of aliphatic imine (C=N–C) groups is 1. The molecule has 2 aromatic carbocycles. The first-order valence-corrected chi connectivity index (χ1v) is 10.6. The van der Waals surface area contributed by atoms with Crippen molar-refractivity contribution in [3.63, 3.8) is 0 Å². The molecule has 0 aliphatic carbocycles. The lowest BCUT2D eigenvalue weighted by Gasteiger charge is -2.16. The number of ketones is 1. The summed E-state index contributed by atoms with van der Waals surface area (Å²) in [6.45, 7) is 4.02. The molecule has 2 aromatic rings. The van der Waals surface area contributed by atoms with Gasteiger partial charge < -0.3 is 20.1 Å². The Kier molecular flexibility index (Phi) is 9.75. The standard InChI is InChI=1S/C24H28N4O6/c1-15(2)10-13-20(29)25-18-12-11-17(21(30)16-8-6-5-7-9-16)14-19(18)26-22(27-23(31)33-3)28-24(32)34-4/h5-9,11-12,14-15H,10,13H2,1-4H3,(H,25,29)(H2,26,27,28,31,32). The van der Waals surface area contributed by atoms with Gasteiger partial charge in [-0.05, 0) is 30.5 Å². The Morgan fingerprint density at radius 2 is 1.59 bits per heavy atom. The van der Waals surface area contributed by atoms with Crippen LogP contribution in [0.1, 0.15) is 42.6 Å². The minimum atomic E-state index is -0.988. The van der Waals surface area contributed by atoms with Gasteiger partial charge in [0.15, 0.2) is 5.78 Å². The Bertz CT molecular complexity index is 1070. The van der Waals surface area contributed by atoms with Crippen LogP contribution in [0.2, 0.25) is 0 Å². The SMILES string of the molecule is COC(=O)N=C(NC(=O)OC)Nc1cc(C(=O)c2ccccc2)ccc1NC(=O)CCC(C)C. The molecule has 0 spiro atoms. The average molecular weight is 469 g/mol. The van der Waals surface area contributed by atoms with E-state index in [4.69, 9.17) is 0 Å². The van der Waals surface area contributed by atoms with Gasteiger partial charge >= 0.3 is 12.2 Å². The Balaban J connectivity index is 2.44. The summed E-state index contributed by atoms with van der Waals surface area (Å²) < 4.78 is 9.08. The largest absolute Gasteiger partial charge is 0.453 e. The predicted octanol–water partition coefficient (Wildman–Crippen LogP) is 4.18. The number of carbonyl (C=O) groups is 4. The summed E-state index contributed by atoms with van der Waals surface area (Å²) in [7, 11) is 2.27. The molecule has 0 unspecified atom stereocenters. The Morgan fingerprint density at radius 3 is 2.21 bits per heavy atom. The van der Waals surface area contributed by atoms with Crippen LogP contribution in [-0.4, -0.2) is 44.1 Å². The maximum atomic E-state index is 12.9. The number of rotatable bonds is 7. The van der Waals surface area contributed by atoms with Crippen molar-refractivity contribution in [2.75, 3.05) is 24.9 Å². The molecule has 0 saturated carbocycles. The summed E-state index contributed by atoms with van der Waals surface area (Å²) in [5.74, 6) is -0.460. The van der Waals surface area contributed by atoms with E-state index >= 15 is 0 Å². The number of benzene rings is 2. The number of amides is 3. The van der Waals surface area contributed by atoms with Crippen molar-refractivity contribution in [3.05, 3.63) is 59.7 Å². The second-order valence-electron chi connectivity index (χ2n) is 7.61. The van der Waals surface area contributed by atoms with Crippen molar-refractivity contribution < 1.29 is 28.7 Å². The van der Waals surface area contributed by atoms with Crippen molar-refractivity contribution in [2.45, 2.75) is 26.7 Å². The Morgan fingerprint density at radius 1 is 0.882 bits per heavy atom. The van der Waals surface area contributed by atoms with Gasteiger partial charge in [0, 0.05) is 17.5 Å². The molecule has 0 heterocycles. The van der Waals surface area contributed by atoms with Crippen LogP contribution in [0.5, 0.6) is 0 Å². The van der Waals surface area contributed by atoms with E-state index in [-0.39, 0.29) is 23.3 Å². The third-order valence-corrected chi connectivity index (χ3v) is 4.58. The van der Waals surface area contributed by atoms with Crippen molar-refractivity contribution in [1.82, 2.24) is 5.32 Å². The lowest BCUT2D eigenvalue weighted by Crippen LogP contribution is -2.37. The first kappa shape index (κ1) is 26.0. The summed E-state index contributed by atoms with van der Waals surface area (Å²) in [5.41, 5.74) is 1.32. The highest BCUT2D eigenvalue weighted by Gasteiger charge is 2.17. The number of ether oxygens (including phenoxy) is 2. The molecule has 10 nitrogen and oxygen atoms in total. The number of carbonyl (C=O) groups excluding carboxylic acids is 4. The van der Waals surface area contributed by atoms with Crippen LogP contribution in [0.15, 0.2) is 53.5 Å². The average Bonchev–Trinajstić information content (AvgIpc) is 2.83. The lowest BCUT2D eigenvalue weighted by atomic mass is 10.0. The number of alkyl carbamates (subject to hydrolysis) is 1. The fourth-order valence-electron chi connectivity index (χ4n) is 2.79. The molecule has 2 rings (SSSR count). The molecule has 0 saturated heterocycles. The molecular formula is C24H28N4O6. The second-order valence-corrected chi connectivity index (χ2v) is 7.61. The van der Waals surface area contributed by atoms with E-state index in [1.54, 1.807) is 42.5 Å². The maximum Gasteiger partial charge on any atom is 0.436 e. The highest BCUT2D eigenvalue weighted by molar-refractivity contribution is 6.12. The highest BCUT2D eigenvalue weighted by atomic mass is 16.5. The topological polar surface area (TPSA) is 135 Å². The molecule has 0 fully saturated rings.